The number of sulfonamides is 1. The molecule has 20 heavy (non-hydrogen) atoms. The van der Waals surface area contributed by atoms with Gasteiger partial charge in [-0.25, -0.2) is 8.42 Å². The lowest BCUT2D eigenvalue weighted by atomic mass is 10.1. The van der Waals surface area contributed by atoms with Gasteiger partial charge in [-0.05, 0) is 20.8 Å². The van der Waals surface area contributed by atoms with Gasteiger partial charge in [-0.2, -0.15) is 4.31 Å². The third-order valence-electron chi connectivity index (χ3n) is 2.43. The molecule has 0 saturated carbocycles. The van der Waals surface area contributed by atoms with Gasteiger partial charge in [0.25, 0.3) is 15.7 Å². The van der Waals surface area contributed by atoms with Crippen LogP contribution in [0.5, 0.6) is 0 Å². The Kier molecular flexibility index (Phi) is 4.96. The Morgan fingerprint density at radius 1 is 1.55 bits per heavy atom. The maximum absolute atomic E-state index is 12.6. The van der Waals surface area contributed by atoms with Crippen LogP contribution in [0.2, 0.25) is 4.34 Å². The zero-order chi connectivity index (χ0) is 15.7. The average molecular weight is 339 g/mol. The predicted molar refractivity (Wildman–Crippen MR) is 79.8 cm³/mol. The molecule has 0 radical (unpaired) electrons. The van der Waals surface area contributed by atoms with Crippen LogP contribution in [0.3, 0.4) is 0 Å². The van der Waals surface area contributed by atoms with Gasteiger partial charge in [0.15, 0.2) is 4.34 Å². The van der Waals surface area contributed by atoms with Crippen molar-refractivity contribution < 1.29 is 13.3 Å². The quantitative estimate of drug-likeness (QED) is 0.468. The average Bonchev–Trinajstić information content (AvgIpc) is 2.67. The van der Waals surface area contributed by atoms with Gasteiger partial charge in [-0.1, -0.05) is 17.7 Å². The minimum absolute atomic E-state index is 0.106. The van der Waals surface area contributed by atoms with E-state index >= 15 is 0 Å². The third-order valence-corrected chi connectivity index (χ3v) is 6.35. The van der Waals surface area contributed by atoms with Crippen LogP contribution in [-0.2, 0) is 10.0 Å². The molecule has 0 atom stereocenters. The summed E-state index contributed by atoms with van der Waals surface area (Å²) in [7, 11) is -3.86. The van der Waals surface area contributed by atoms with Gasteiger partial charge in [-0.3, -0.25) is 10.1 Å². The highest BCUT2D eigenvalue weighted by Crippen LogP contribution is 2.38. The van der Waals surface area contributed by atoms with E-state index in [4.69, 9.17) is 11.6 Å². The Hall–Kier alpha value is -0.960. The molecule has 0 unspecified atom stereocenters. The monoisotopic (exact) mass is 338 g/mol. The first kappa shape index (κ1) is 17.1. The van der Waals surface area contributed by atoms with E-state index in [1.54, 1.807) is 20.8 Å². The van der Waals surface area contributed by atoms with Crippen LogP contribution in [0.25, 0.3) is 0 Å². The van der Waals surface area contributed by atoms with Gasteiger partial charge in [-0.15, -0.1) is 17.9 Å². The van der Waals surface area contributed by atoms with Crippen molar-refractivity contribution >= 4 is 38.6 Å². The zero-order valence-corrected chi connectivity index (χ0v) is 13.7. The summed E-state index contributed by atoms with van der Waals surface area (Å²) in [4.78, 5) is 10.1. The smallest absolute Gasteiger partial charge is 0.258 e. The highest BCUT2D eigenvalue weighted by Gasteiger charge is 2.36. The molecule has 0 fully saturated rings. The number of hydrogen-bond acceptors (Lipinski definition) is 5. The van der Waals surface area contributed by atoms with Crippen molar-refractivity contribution in [3.8, 4) is 0 Å². The van der Waals surface area contributed by atoms with Gasteiger partial charge < -0.3 is 0 Å². The second-order valence-corrected chi connectivity index (χ2v) is 8.72. The summed E-state index contributed by atoms with van der Waals surface area (Å²) in [6.45, 7) is 8.84. The van der Waals surface area contributed by atoms with Gasteiger partial charge in [0.1, 0.15) is 4.21 Å². The van der Waals surface area contributed by atoms with E-state index in [1.165, 1.54) is 10.4 Å². The van der Waals surface area contributed by atoms with Gasteiger partial charge in [0.2, 0.25) is 0 Å². The van der Waals surface area contributed by atoms with Crippen LogP contribution in [0.15, 0.2) is 22.9 Å². The molecule has 1 rings (SSSR count). The van der Waals surface area contributed by atoms with E-state index < -0.39 is 26.2 Å². The second-order valence-electron chi connectivity index (χ2n) is 4.98. The van der Waals surface area contributed by atoms with Crippen LogP contribution in [0.1, 0.15) is 20.8 Å². The summed E-state index contributed by atoms with van der Waals surface area (Å²) in [5.41, 5.74) is -1.08. The second kappa shape index (κ2) is 5.80. The summed E-state index contributed by atoms with van der Waals surface area (Å²) in [5, 5.41) is 10.8. The fourth-order valence-electron chi connectivity index (χ4n) is 1.55. The largest absolute Gasteiger partial charge is 0.300 e. The van der Waals surface area contributed by atoms with E-state index in [9.17, 15) is 18.5 Å². The Labute approximate surface area is 126 Å². The molecule has 0 aromatic carbocycles. The molecule has 0 spiro atoms. The molecule has 0 N–H and O–H groups in total. The maximum Gasteiger partial charge on any atom is 0.300 e. The number of nitro groups is 1. The molecule has 0 aliphatic carbocycles. The minimum atomic E-state index is -3.86. The SMILES string of the molecule is C=CCN(C(C)(C)C)S(=O)(=O)c1cc([N+](=O)[O-])c(Cl)s1. The topological polar surface area (TPSA) is 80.5 Å². The fourth-order valence-corrected chi connectivity index (χ4v) is 5.09. The van der Waals surface area contributed by atoms with Gasteiger partial charge >= 0.3 is 0 Å². The molecule has 9 heteroatoms. The first-order valence-corrected chi connectivity index (χ1v) is 8.22. The Balaban J connectivity index is 3.37. The lowest BCUT2D eigenvalue weighted by Crippen LogP contribution is -2.45. The molecule has 1 heterocycles. The molecule has 1 aromatic heterocycles. The third kappa shape index (κ3) is 3.38. The Morgan fingerprint density at radius 2 is 2.10 bits per heavy atom. The van der Waals surface area contributed by atoms with Crippen molar-refractivity contribution in [1.29, 1.82) is 0 Å². The molecule has 0 aliphatic rings. The standard InChI is InChI=1S/C11H15ClN2O4S2/c1-5-6-13(11(2,3)4)20(17,18)9-7-8(14(15)16)10(12)19-9/h5,7H,1,6H2,2-4H3. The van der Waals surface area contributed by atoms with E-state index in [0.29, 0.717) is 11.3 Å². The Bertz CT molecular complexity index is 631. The molecule has 0 saturated heterocycles. The van der Waals surface area contributed by atoms with Crippen molar-refractivity contribution in [3.05, 3.63) is 33.2 Å². The number of thiophene rings is 1. The van der Waals surface area contributed by atoms with Crippen LogP contribution in [-0.4, -0.2) is 29.7 Å². The van der Waals surface area contributed by atoms with E-state index in [-0.39, 0.29) is 15.1 Å². The number of rotatable bonds is 5. The molecule has 112 valence electrons. The summed E-state index contributed by atoms with van der Waals surface area (Å²) >= 11 is 6.40. The van der Waals surface area contributed by atoms with Crippen LogP contribution in [0.4, 0.5) is 5.69 Å². The molecule has 0 aliphatic heterocycles. The van der Waals surface area contributed by atoms with Crippen molar-refractivity contribution in [2.75, 3.05) is 6.54 Å². The first-order chi connectivity index (χ1) is 9.01. The Morgan fingerprint density at radius 3 is 2.45 bits per heavy atom. The number of nitrogens with zero attached hydrogens (tertiary/aromatic N) is 2. The number of hydrogen-bond donors (Lipinski definition) is 0. The first-order valence-electron chi connectivity index (χ1n) is 5.59. The van der Waals surface area contributed by atoms with Crippen LogP contribution in [0, 0.1) is 10.1 Å². The van der Waals surface area contributed by atoms with Crippen molar-refractivity contribution in [2.45, 2.75) is 30.5 Å². The van der Waals surface area contributed by atoms with Crippen molar-refractivity contribution in [1.82, 2.24) is 4.31 Å². The molecular weight excluding hydrogens is 324 g/mol. The highest BCUT2D eigenvalue weighted by molar-refractivity contribution is 7.91. The summed E-state index contributed by atoms with van der Waals surface area (Å²) in [5.74, 6) is 0. The maximum atomic E-state index is 12.6. The normalized spacial score (nSPS) is 12.7. The molecule has 6 nitrogen and oxygen atoms in total. The number of halogens is 1. The summed E-state index contributed by atoms with van der Waals surface area (Å²) in [6, 6.07) is 0.990. The van der Waals surface area contributed by atoms with E-state index in [0.717, 1.165) is 6.07 Å². The molecule has 1 aromatic rings. The summed E-state index contributed by atoms with van der Waals surface area (Å²) in [6.07, 6.45) is 1.46. The molecular formula is C11H15ClN2O4S2. The van der Waals surface area contributed by atoms with Crippen LogP contribution < -0.4 is 0 Å². The lowest BCUT2D eigenvalue weighted by molar-refractivity contribution is -0.384. The zero-order valence-electron chi connectivity index (χ0n) is 11.3. The van der Waals surface area contributed by atoms with E-state index in [2.05, 4.69) is 6.58 Å². The minimum Gasteiger partial charge on any atom is -0.258 e. The van der Waals surface area contributed by atoms with Crippen LogP contribution >= 0.6 is 22.9 Å². The summed E-state index contributed by atoms with van der Waals surface area (Å²) < 4.78 is 26.1. The predicted octanol–water partition coefficient (Wildman–Crippen LogP) is 3.28. The van der Waals surface area contributed by atoms with Crippen molar-refractivity contribution in [2.24, 2.45) is 0 Å². The highest BCUT2D eigenvalue weighted by atomic mass is 35.5. The molecule has 0 amide bonds. The fraction of sp³-hybridized carbons (Fsp3) is 0.455. The van der Waals surface area contributed by atoms with Gasteiger partial charge in [0.05, 0.1) is 4.92 Å². The molecule has 0 bridgehead atoms. The van der Waals surface area contributed by atoms with E-state index in [1.807, 2.05) is 0 Å². The van der Waals surface area contributed by atoms with Gasteiger partial charge in [0, 0.05) is 18.2 Å². The van der Waals surface area contributed by atoms with Crippen molar-refractivity contribution in [3.63, 3.8) is 0 Å². The lowest BCUT2D eigenvalue weighted by Gasteiger charge is -2.33.